The van der Waals surface area contributed by atoms with Gasteiger partial charge < -0.3 is 10.6 Å². The second-order valence-electron chi connectivity index (χ2n) is 5.80. The van der Waals surface area contributed by atoms with Crippen LogP contribution in [0.25, 0.3) is 11.1 Å². The Bertz CT molecular complexity index is 936. The molecule has 1 aliphatic carbocycles. The molecular formula is C20H15ClN2O. The second kappa shape index (κ2) is 6.02. The predicted octanol–water partition coefficient (Wildman–Crippen LogP) is 5.56. The third-order valence-electron chi connectivity index (χ3n) is 4.13. The quantitative estimate of drug-likeness (QED) is 0.495. The van der Waals surface area contributed by atoms with Crippen LogP contribution in [0.4, 0.5) is 16.2 Å². The highest BCUT2D eigenvalue weighted by atomic mass is 35.5. The van der Waals surface area contributed by atoms with E-state index in [1.54, 1.807) is 24.3 Å². The summed E-state index contributed by atoms with van der Waals surface area (Å²) in [6, 6.07) is 21.2. The summed E-state index contributed by atoms with van der Waals surface area (Å²) >= 11 is 5.92. The molecule has 24 heavy (non-hydrogen) atoms. The molecule has 0 aliphatic heterocycles. The van der Waals surface area contributed by atoms with E-state index in [1.807, 2.05) is 12.1 Å². The van der Waals surface area contributed by atoms with Crippen molar-refractivity contribution in [2.75, 3.05) is 10.6 Å². The Hall–Kier alpha value is -2.78. The van der Waals surface area contributed by atoms with E-state index in [-0.39, 0.29) is 6.03 Å². The van der Waals surface area contributed by atoms with Crippen molar-refractivity contribution >= 4 is 29.0 Å². The number of carbonyl (C=O) groups excluding carboxylic acids is 1. The minimum atomic E-state index is -0.285. The lowest BCUT2D eigenvalue weighted by molar-refractivity contribution is 0.262. The number of rotatable bonds is 2. The van der Waals surface area contributed by atoms with Crippen LogP contribution < -0.4 is 10.6 Å². The van der Waals surface area contributed by atoms with E-state index in [9.17, 15) is 4.79 Å². The van der Waals surface area contributed by atoms with Crippen molar-refractivity contribution in [1.82, 2.24) is 0 Å². The zero-order chi connectivity index (χ0) is 16.5. The van der Waals surface area contributed by atoms with Crippen LogP contribution >= 0.6 is 11.6 Å². The fraction of sp³-hybridized carbons (Fsp3) is 0.0500. The van der Waals surface area contributed by atoms with Crippen molar-refractivity contribution in [2.45, 2.75) is 6.42 Å². The van der Waals surface area contributed by atoms with Crippen molar-refractivity contribution in [3.05, 3.63) is 82.9 Å². The van der Waals surface area contributed by atoms with Crippen molar-refractivity contribution in [3.63, 3.8) is 0 Å². The fourth-order valence-corrected chi connectivity index (χ4v) is 3.27. The van der Waals surface area contributed by atoms with Gasteiger partial charge >= 0.3 is 6.03 Å². The average molecular weight is 335 g/mol. The summed E-state index contributed by atoms with van der Waals surface area (Å²) in [5.41, 5.74) is 6.52. The SMILES string of the molecule is O=C(Nc1cccc(Cl)c1)Nc1ccc2c(c1)Cc1ccccc1-2. The number of halogens is 1. The molecule has 3 nitrogen and oxygen atoms in total. The lowest BCUT2D eigenvalue weighted by atomic mass is 10.1. The Kier molecular flexibility index (Phi) is 3.71. The van der Waals surface area contributed by atoms with Gasteiger partial charge in [-0.25, -0.2) is 4.79 Å². The molecule has 4 rings (SSSR count). The summed E-state index contributed by atoms with van der Waals surface area (Å²) in [4.78, 5) is 12.1. The molecule has 0 fully saturated rings. The van der Waals surface area contributed by atoms with E-state index in [1.165, 1.54) is 22.3 Å². The van der Waals surface area contributed by atoms with Gasteiger partial charge in [0.05, 0.1) is 0 Å². The molecule has 2 amide bonds. The Morgan fingerprint density at radius 1 is 0.792 bits per heavy atom. The number of nitrogens with one attached hydrogen (secondary N) is 2. The molecule has 3 aromatic rings. The zero-order valence-electron chi connectivity index (χ0n) is 12.8. The van der Waals surface area contributed by atoms with Gasteiger partial charge in [-0.15, -0.1) is 0 Å². The van der Waals surface area contributed by atoms with Gasteiger partial charge in [-0.1, -0.05) is 48.0 Å². The van der Waals surface area contributed by atoms with E-state index in [0.717, 1.165) is 12.1 Å². The number of hydrogen-bond acceptors (Lipinski definition) is 1. The first-order valence-corrected chi connectivity index (χ1v) is 8.11. The molecule has 0 unspecified atom stereocenters. The number of hydrogen-bond donors (Lipinski definition) is 2. The van der Waals surface area contributed by atoms with Crippen LogP contribution in [0.3, 0.4) is 0 Å². The highest BCUT2D eigenvalue weighted by Gasteiger charge is 2.18. The Labute approximate surface area is 145 Å². The maximum Gasteiger partial charge on any atom is 0.323 e. The van der Waals surface area contributed by atoms with Crippen LogP contribution in [0.5, 0.6) is 0 Å². The maximum absolute atomic E-state index is 12.1. The first kappa shape index (κ1) is 14.8. The number of fused-ring (bicyclic) bond motifs is 3. The summed E-state index contributed by atoms with van der Waals surface area (Å²) in [5.74, 6) is 0. The van der Waals surface area contributed by atoms with Crippen molar-refractivity contribution in [2.24, 2.45) is 0 Å². The first-order valence-electron chi connectivity index (χ1n) is 7.74. The lowest BCUT2D eigenvalue weighted by Crippen LogP contribution is -2.19. The molecule has 118 valence electrons. The molecule has 2 N–H and O–H groups in total. The number of carbonyl (C=O) groups is 1. The molecule has 0 atom stereocenters. The number of amides is 2. The molecule has 0 heterocycles. The minimum Gasteiger partial charge on any atom is -0.308 e. The largest absolute Gasteiger partial charge is 0.323 e. The third kappa shape index (κ3) is 2.86. The molecule has 0 bridgehead atoms. The molecule has 1 aliphatic rings. The van der Waals surface area contributed by atoms with E-state index in [0.29, 0.717) is 10.7 Å². The summed E-state index contributed by atoms with van der Waals surface area (Å²) in [6.07, 6.45) is 0.900. The fourth-order valence-electron chi connectivity index (χ4n) is 3.08. The van der Waals surface area contributed by atoms with E-state index in [4.69, 9.17) is 11.6 Å². The van der Waals surface area contributed by atoms with Crippen molar-refractivity contribution < 1.29 is 4.79 Å². The third-order valence-corrected chi connectivity index (χ3v) is 4.37. The monoisotopic (exact) mass is 334 g/mol. The molecule has 3 aromatic carbocycles. The van der Waals surface area contributed by atoms with Crippen LogP contribution in [0.15, 0.2) is 66.7 Å². The summed E-state index contributed by atoms with van der Waals surface area (Å²) in [5, 5.41) is 6.24. The van der Waals surface area contributed by atoms with Crippen LogP contribution in [0.2, 0.25) is 5.02 Å². The van der Waals surface area contributed by atoms with Gasteiger partial charge in [0.25, 0.3) is 0 Å². The topological polar surface area (TPSA) is 41.1 Å². The maximum atomic E-state index is 12.1. The molecule has 4 heteroatoms. The number of benzene rings is 3. The van der Waals surface area contributed by atoms with Crippen LogP contribution in [-0.4, -0.2) is 6.03 Å². The van der Waals surface area contributed by atoms with Crippen molar-refractivity contribution in [3.8, 4) is 11.1 Å². The summed E-state index contributed by atoms with van der Waals surface area (Å²) in [6.45, 7) is 0. The van der Waals surface area contributed by atoms with Gasteiger partial charge in [-0.05, 0) is 59.0 Å². The molecule has 0 radical (unpaired) electrons. The van der Waals surface area contributed by atoms with Crippen molar-refractivity contribution in [1.29, 1.82) is 0 Å². The van der Waals surface area contributed by atoms with Crippen LogP contribution in [-0.2, 0) is 6.42 Å². The van der Waals surface area contributed by atoms with Gasteiger partial charge in [0, 0.05) is 16.4 Å². The second-order valence-corrected chi connectivity index (χ2v) is 6.23. The molecule has 0 aromatic heterocycles. The summed E-state index contributed by atoms with van der Waals surface area (Å²) in [7, 11) is 0. The van der Waals surface area contributed by atoms with Gasteiger partial charge in [-0.2, -0.15) is 0 Å². The standard InChI is InChI=1S/C20H15ClN2O/c21-15-5-3-6-16(12-15)22-20(24)23-17-8-9-19-14(11-17)10-13-4-1-2-7-18(13)19/h1-9,11-12H,10H2,(H2,22,23,24). The number of anilines is 2. The Morgan fingerprint density at radius 2 is 1.54 bits per heavy atom. The van der Waals surface area contributed by atoms with E-state index < -0.39 is 0 Å². The minimum absolute atomic E-state index is 0.285. The normalized spacial score (nSPS) is 11.5. The highest BCUT2D eigenvalue weighted by Crippen LogP contribution is 2.37. The highest BCUT2D eigenvalue weighted by molar-refractivity contribution is 6.30. The molecule has 0 saturated heterocycles. The van der Waals surface area contributed by atoms with Crippen LogP contribution in [0, 0.1) is 0 Å². The first-order chi connectivity index (χ1) is 11.7. The zero-order valence-corrected chi connectivity index (χ0v) is 13.6. The summed E-state index contributed by atoms with van der Waals surface area (Å²) < 4.78 is 0. The molecule has 0 saturated carbocycles. The Morgan fingerprint density at radius 3 is 2.38 bits per heavy atom. The predicted molar refractivity (Wildman–Crippen MR) is 98.8 cm³/mol. The Balaban J connectivity index is 1.50. The smallest absolute Gasteiger partial charge is 0.308 e. The molecular weight excluding hydrogens is 320 g/mol. The van der Waals surface area contributed by atoms with Gasteiger partial charge in [0.15, 0.2) is 0 Å². The van der Waals surface area contributed by atoms with Gasteiger partial charge in [0.2, 0.25) is 0 Å². The number of urea groups is 1. The van der Waals surface area contributed by atoms with Gasteiger partial charge in [0.1, 0.15) is 0 Å². The molecule has 0 spiro atoms. The van der Waals surface area contributed by atoms with E-state index >= 15 is 0 Å². The average Bonchev–Trinajstić information content (AvgIpc) is 2.92. The van der Waals surface area contributed by atoms with Crippen LogP contribution in [0.1, 0.15) is 11.1 Å². The van der Waals surface area contributed by atoms with Gasteiger partial charge in [-0.3, -0.25) is 0 Å². The lowest BCUT2D eigenvalue weighted by Gasteiger charge is -2.09. The van der Waals surface area contributed by atoms with E-state index in [2.05, 4.69) is 41.0 Å².